The molecule has 6 nitrogen and oxygen atoms in total. The van der Waals surface area contributed by atoms with Gasteiger partial charge in [-0.25, -0.2) is 4.79 Å². The molecular weight excluding hydrogens is 260 g/mol. The summed E-state index contributed by atoms with van der Waals surface area (Å²) >= 11 is 0. The van der Waals surface area contributed by atoms with Gasteiger partial charge in [0.15, 0.2) is 0 Å². The van der Waals surface area contributed by atoms with Crippen LogP contribution in [-0.2, 0) is 9.59 Å². The maximum Gasteiger partial charge on any atom is 0.333 e. The fourth-order valence-corrected chi connectivity index (χ4v) is 2.10. The number of rotatable bonds is 6. The van der Waals surface area contributed by atoms with Crippen LogP contribution in [0.25, 0.3) is 0 Å². The van der Waals surface area contributed by atoms with Crippen molar-refractivity contribution in [2.45, 2.75) is 44.6 Å². The molecule has 1 heterocycles. The van der Waals surface area contributed by atoms with Gasteiger partial charge in [-0.05, 0) is 12.8 Å². The number of carbonyl (C=O) groups excluding carboxylic acids is 3. The Kier molecular flexibility index (Phi) is 5.44. The lowest BCUT2D eigenvalue weighted by Gasteiger charge is -2.37. The molecule has 0 unspecified atom stereocenters. The highest BCUT2D eigenvalue weighted by Crippen LogP contribution is 2.23. The molecule has 0 bridgehead atoms. The first kappa shape index (κ1) is 16.4. The summed E-state index contributed by atoms with van der Waals surface area (Å²) in [6, 6.07) is -0.725. The van der Waals surface area contributed by atoms with E-state index in [0.29, 0.717) is 0 Å². The normalized spacial score (nSPS) is 19.3. The van der Waals surface area contributed by atoms with Crippen molar-refractivity contribution in [1.82, 2.24) is 9.80 Å². The number of amides is 4. The second-order valence-corrected chi connectivity index (χ2v) is 5.04. The average molecular weight is 282 g/mol. The van der Waals surface area contributed by atoms with Crippen molar-refractivity contribution in [1.29, 1.82) is 0 Å². The summed E-state index contributed by atoms with van der Waals surface area (Å²) in [7, 11) is 2.51. The molecule has 1 aliphatic heterocycles. The summed E-state index contributed by atoms with van der Waals surface area (Å²) in [5, 5.41) is 10.3. The van der Waals surface area contributed by atoms with E-state index in [2.05, 4.69) is 6.92 Å². The lowest BCUT2D eigenvalue weighted by atomic mass is 9.93. The van der Waals surface area contributed by atoms with E-state index in [4.69, 9.17) is 0 Å². The molecule has 112 valence electrons. The lowest BCUT2D eigenvalue weighted by Crippen LogP contribution is -2.66. The SMILES string of the molecule is CCCCC/C=C/CC1(O)C(=O)N(C)C(=O)N(C)C1=O. The summed E-state index contributed by atoms with van der Waals surface area (Å²) in [6.07, 6.45) is 7.48. The van der Waals surface area contributed by atoms with E-state index < -0.39 is 23.4 Å². The Labute approximate surface area is 119 Å². The zero-order valence-electron chi connectivity index (χ0n) is 12.3. The number of unbranched alkanes of at least 4 members (excludes halogenated alkanes) is 3. The van der Waals surface area contributed by atoms with Crippen LogP contribution >= 0.6 is 0 Å². The van der Waals surface area contributed by atoms with E-state index in [1.54, 1.807) is 6.08 Å². The van der Waals surface area contributed by atoms with E-state index in [-0.39, 0.29) is 6.42 Å². The van der Waals surface area contributed by atoms with Crippen molar-refractivity contribution >= 4 is 17.8 Å². The number of urea groups is 1. The second kappa shape index (κ2) is 6.65. The van der Waals surface area contributed by atoms with Crippen LogP contribution in [0.5, 0.6) is 0 Å². The standard InChI is InChI=1S/C14H22N2O4/c1-4-5-6-7-8-9-10-14(20)11(17)15(2)13(19)16(3)12(14)18/h8-9,20H,4-7,10H2,1-3H3/b9-8+. The molecule has 1 saturated heterocycles. The van der Waals surface area contributed by atoms with E-state index >= 15 is 0 Å². The Hall–Kier alpha value is -1.69. The Bertz CT molecular complexity index is 407. The minimum Gasteiger partial charge on any atom is -0.371 e. The first-order valence-electron chi connectivity index (χ1n) is 6.84. The van der Waals surface area contributed by atoms with E-state index in [1.807, 2.05) is 6.08 Å². The van der Waals surface area contributed by atoms with E-state index in [1.165, 1.54) is 14.1 Å². The monoisotopic (exact) mass is 282 g/mol. The van der Waals surface area contributed by atoms with Crippen molar-refractivity contribution < 1.29 is 19.5 Å². The third-order valence-corrected chi connectivity index (χ3v) is 3.45. The Morgan fingerprint density at radius 2 is 1.60 bits per heavy atom. The van der Waals surface area contributed by atoms with Gasteiger partial charge in [-0.3, -0.25) is 19.4 Å². The van der Waals surface area contributed by atoms with Gasteiger partial charge in [0.1, 0.15) is 0 Å². The molecule has 0 atom stereocenters. The highest BCUT2D eigenvalue weighted by molar-refractivity contribution is 6.21. The van der Waals surface area contributed by atoms with Crippen LogP contribution in [0.15, 0.2) is 12.2 Å². The minimum absolute atomic E-state index is 0.112. The topological polar surface area (TPSA) is 77.9 Å². The number of allylic oxidation sites excluding steroid dienone is 1. The minimum atomic E-state index is -2.17. The third kappa shape index (κ3) is 3.07. The maximum absolute atomic E-state index is 12.0. The predicted molar refractivity (Wildman–Crippen MR) is 73.8 cm³/mol. The lowest BCUT2D eigenvalue weighted by molar-refractivity contribution is -0.167. The summed E-state index contributed by atoms with van der Waals surface area (Å²) in [6.45, 7) is 2.11. The molecule has 0 aliphatic carbocycles. The van der Waals surface area contributed by atoms with Gasteiger partial charge in [0.2, 0.25) is 5.60 Å². The molecule has 4 amide bonds. The number of hydrogen-bond donors (Lipinski definition) is 1. The number of hydrogen-bond acceptors (Lipinski definition) is 4. The van der Waals surface area contributed by atoms with Gasteiger partial charge < -0.3 is 5.11 Å². The van der Waals surface area contributed by atoms with Gasteiger partial charge in [0, 0.05) is 20.5 Å². The van der Waals surface area contributed by atoms with E-state index in [0.717, 1.165) is 35.5 Å². The molecule has 1 fully saturated rings. The van der Waals surface area contributed by atoms with Crippen molar-refractivity contribution in [3.05, 3.63) is 12.2 Å². The Morgan fingerprint density at radius 1 is 1.05 bits per heavy atom. The van der Waals surface area contributed by atoms with Crippen LogP contribution in [0, 0.1) is 0 Å². The van der Waals surface area contributed by atoms with Gasteiger partial charge in [-0.15, -0.1) is 0 Å². The molecule has 0 aromatic carbocycles. The molecule has 0 aromatic rings. The average Bonchev–Trinajstić information content (AvgIpc) is 2.45. The van der Waals surface area contributed by atoms with Gasteiger partial charge in [-0.1, -0.05) is 31.9 Å². The molecule has 0 radical (unpaired) electrons. The van der Waals surface area contributed by atoms with Crippen molar-refractivity contribution in [3.63, 3.8) is 0 Å². The van der Waals surface area contributed by atoms with Crippen LogP contribution in [-0.4, -0.2) is 52.4 Å². The quantitative estimate of drug-likeness (QED) is 0.452. The molecule has 1 N–H and O–H groups in total. The molecule has 1 aliphatic rings. The van der Waals surface area contributed by atoms with Crippen molar-refractivity contribution in [3.8, 4) is 0 Å². The molecule has 0 aromatic heterocycles. The number of imide groups is 2. The van der Waals surface area contributed by atoms with Crippen LogP contribution < -0.4 is 0 Å². The van der Waals surface area contributed by atoms with Crippen LogP contribution in [0.2, 0.25) is 0 Å². The van der Waals surface area contributed by atoms with Crippen LogP contribution in [0.3, 0.4) is 0 Å². The summed E-state index contributed by atoms with van der Waals surface area (Å²) in [5.74, 6) is -1.74. The van der Waals surface area contributed by atoms with Gasteiger partial charge >= 0.3 is 6.03 Å². The number of nitrogens with zero attached hydrogens (tertiary/aromatic N) is 2. The smallest absolute Gasteiger partial charge is 0.333 e. The largest absolute Gasteiger partial charge is 0.371 e. The first-order chi connectivity index (χ1) is 9.36. The fourth-order valence-electron chi connectivity index (χ4n) is 2.10. The summed E-state index contributed by atoms with van der Waals surface area (Å²) < 4.78 is 0. The van der Waals surface area contributed by atoms with Gasteiger partial charge in [-0.2, -0.15) is 0 Å². The van der Waals surface area contributed by atoms with Gasteiger partial charge in [0.25, 0.3) is 11.8 Å². The Balaban J connectivity index is 2.72. The second-order valence-electron chi connectivity index (χ2n) is 5.04. The molecule has 1 rings (SSSR count). The van der Waals surface area contributed by atoms with Crippen LogP contribution in [0.1, 0.15) is 39.0 Å². The van der Waals surface area contributed by atoms with Crippen LogP contribution in [0.4, 0.5) is 4.79 Å². The Morgan fingerprint density at radius 3 is 2.10 bits per heavy atom. The number of carbonyl (C=O) groups is 3. The molecular formula is C14H22N2O4. The summed E-state index contributed by atoms with van der Waals surface area (Å²) in [5.41, 5.74) is -2.17. The first-order valence-corrected chi connectivity index (χ1v) is 6.84. The number of aliphatic hydroxyl groups is 1. The zero-order valence-corrected chi connectivity index (χ0v) is 12.3. The predicted octanol–water partition coefficient (Wildman–Crippen LogP) is 1.29. The molecule has 0 spiro atoms. The highest BCUT2D eigenvalue weighted by atomic mass is 16.3. The zero-order chi connectivity index (χ0) is 15.3. The highest BCUT2D eigenvalue weighted by Gasteiger charge is 2.53. The summed E-state index contributed by atoms with van der Waals surface area (Å²) in [4.78, 5) is 37.0. The molecule has 0 saturated carbocycles. The molecule has 6 heteroatoms. The number of barbiturate groups is 1. The van der Waals surface area contributed by atoms with E-state index in [9.17, 15) is 19.5 Å². The third-order valence-electron chi connectivity index (χ3n) is 3.45. The van der Waals surface area contributed by atoms with Crippen molar-refractivity contribution in [2.24, 2.45) is 0 Å². The van der Waals surface area contributed by atoms with Crippen molar-refractivity contribution in [2.75, 3.05) is 14.1 Å². The fraction of sp³-hybridized carbons (Fsp3) is 0.643. The number of likely N-dealkylation sites (N-methyl/N-ethyl adjacent to an activating group) is 2. The molecule has 20 heavy (non-hydrogen) atoms. The maximum atomic E-state index is 12.0. The van der Waals surface area contributed by atoms with Gasteiger partial charge in [0.05, 0.1) is 0 Å².